The smallest absolute Gasteiger partial charge is 0.158 e. The van der Waals surface area contributed by atoms with Gasteiger partial charge >= 0.3 is 0 Å². The van der Waals surface area contributed by atoms with Crippen molar-refractivity contribution in [2.24, 2.45) is 10.7 Å². The molecule has 0 spiro atoms. The second kappa shape index (κ2) is 6.13. The number of anilines is 1. The Morgan fingerprint density at radius 1 is 1.09 bits per heavy atom. The van der Waals surface area contributed by atoms with Gasteiger partial charge in [-0.15, -0.1) is 0 Å². The van der Waals surface area contributed by atoms with Gasteiger partial charge in [0.2, 0.25) is 0 Å². The third kappa shape index (κ3) is 2.66. The number of hydrogen-bond donors (Lipinski definition) is 2. The minimum absolute atomic E-state index is 0.530. The normalized spacial score (nSPS) is 20.0. The minimum atomic E-state index is -0.530. The van der Waals surface area contributed by atoms with E-state index in [4.69, 9.17) is 10.7 Å². The Kier molecular flexibility index (Phi) is 4.04. The molecule has 0 bridgehead atoms. The number of fused-ring (bicyclic) bond motifs is 1. The number of aliphatic imine (C=N–C) groups is 1. The number of unbranched alkanes of at least 4 members (excludes halogenated alkanes) is 2. The lowest BCUT2D eigenvalue weighted by atomic mass is 9.91. The highest BCUT2D eigenvalue weighted by atomic mass is 15.2. The summed E-state index contributed by atoms with van der Waals surface area (Å²) in [4.78, 5) is 13.1. The molecule has 0 aromatic carbocycles. The maximum atomic E-state index is 6.23. The molecule has 0 radical (unpaired) electrons. The molecule has 1 unspecified atom stereocenters. The van der Waals surface area contributed by atoms with Crippen LogP contribution in [0.2, 0.25) is 0 Å². The Morgan fingerprint density at radius 2 is 1.86 bits per heavy atom. The van der Waals surface area contributed by atoms with Gasteiger partial charge in [0.25, 0.3) is 0 Å². The highest BCUT2D eigenvalue weighted by Gasteiger charge is 2.35. The van der Waals surface area contributed by atoms with E-state index in [-0.39, 0.29) is 0 Å². The third-order valence-corrected chi connectivity index (χ3v) is 4.05. The zero-order chi connectivity index (χ0) is 15.4. The van der Waals surface area contributed by atoms with Gasteiger partial charge in [-0.05, 0) is 31.0 Å². The molecule has 0 amide bonds. The number of nitrogens with one attached hydrogen (secondary N) is 1. The molecule has 1 aliphatic heterocycles. The summed E-state index contributed by atoms with van der Waals surface area (Å²) in [7, 11) is 0. The maximum Gasteiger partial charge on any atom is 0.158 e. The van der Waals surface area contributed by atoms with Gasteiger partial charge in [0, 0.05) is 29.7 Å². The molecule has 22 heavy (non-hydrogen) atoms. The van der Waals surface area contributed by atoms with Crippen molar-refractivity contribution in [3.63, 3.8) is 0 Å². The first-order valence-electron chi connectivity index (χ1n) is 7.73. The lowest BCUT2D eigenvalue weighted by Crippen LogP contribution is -2.40. The quantitative estimate of drug-likeness (QED) is 0.831. The maximum absolute atomic E-state index is 6.23. The number of rotatable bonds is 5. The second-order valence-corrected chi connectivity index (χ2v) is 5.60. The molecular formula is C17H21N5. The van der Waals surface area contributed by atoms with Crippen molar-refractivity contribution < 1.29 is 0 Å². The van der Waals surface area contributed by atoms with Gasteiger partial charge in [-0.3, -0.25) is 9.97 Å². The SMILES string of the molecule is CCCCCC1(c2ccncc2)N=C(N)c2ccncc2N1. The van der Waals surface area contributed by atoms with Crippen molar-refractivity contribution in [1.29, 1.82) is 0 Å². The Bertz CT molecular complexity index is 668. The fourth-order valence-corrected chi connectivity index (χ4v) is 2.89. The average Bonchev–Trinajstić information content (AvgIpc) is 2.56. The average molecular weight is 295 g/mol. The van der Waals surface area contributed by atoms with Crippen LogP contribution in [0.4, 0.5) is 5.69 Å². The Morgan fingerprint density at radius 3 is 2.64 bits per heavy atom. The number of aromatic nitrogens is 2. The molecule has 3 rings (SSSR count). The number of nitrogens with zero attached hydrogens (tertiary/aromatic N) is 3. The molecule has 1 aliphatic rings. The summed E-state index contributed by atoms with van der Waals surface area (Å²) < 4.78 is 0. The highest BCUT2D eigenvalue weighted by Crippen LogP contribution is 2.37. The van der Waals surface area contributed by atoms with E-state index in [0.29, 0.717) is 5.84 Å². The number of amidine groups is 1. The third-order valence-electron chi connectivity index (χ3n) is 4.05. The summed E-state index contributed by atoms with van der Waals surface area (Å²) in [5.41, 5.74) is 8.63. The summed E-state index contributed by atoms with van der Waals surface area (Å²) in [5, 5.41) is 3.56. The largest absolute Gasteiger partial charge is 0.383 e. The molecular weight excluding hydrogens is 274 g/mol. The lowest BCUT2D eigenvalue weighted by Gasteiger charge is -2.36. The lowest BCUT2D eigenvalue weighted by molar-refractivity contribution is 0.440. The predicted octanol–water partition coefficient (Wildman–Crippen LogP) is 3.04. The highest BCUT2D eigenvalue weighted by molar-refractivity contribution is 6.04. The van der Waals surface area contributed by atoms with Crippen LogP contribution >= 0.6 is 0 Å². The fraction of sp³-hybridized carbons (Fsp3) is 0.353. The van der Waals surface area contributed by atoms with Crippen LogP contribution in [0.15, 0.2) is 48.0 Å². The van der Waals surface area contributed by atoms with Gasteiger partial charge in [0.05, 0.1) is 11.9 Å². The van der Waals surface area contributed by atoms with Crippen LogP contribution in [-0.4, -0.2) is 15.8 Å². The zero-order valence-corrected chi connectivity index (χ0v) is 12.8. The molecule has 0 saturated heterocycles. The van der Waals surface area contributed by atoms with Gasteiger partial charge in [0.1, 0.15) is 5.84 Å². The molecule has 5 heteroatoms. The van der Waals surface area contributed by atoms with Crippen LogP contribution in [0, 0.1) is 0 Å². The monoisotopic (exact) mass is 295 g/mol. The molecule has 114 valence electrons. The summed E-state index contributed by atoms with van der Waals surface area (Å²) >= 11 is 0. The summed E-state index contributed by atoms with van der Waals surface area (Å²) in [5.74, 6) is 0.560. The van der Waals surface area contributed by atoms with Gasteiger partial charge < -0.3 is 11.1 Å². The summed E-state index contributed by atoms with van der Waals surface area (Å²) in [6.07, 6.45) is 11.4. The van der Waals surface area contributed by atoms with Crippen molar-refractivity contribution in [3.8, 4) is 0 Å². The number of pyridine rings is 2. The molecule has 3 N–H and O–H groups in total. The number of nitrogens with two attached hydrogens (primary N) is 1. The van der Waals surface area contributed by atoms with Crippen LogP contribution in [0.1, 0.15) is 43.7 Å². The second-order valence-electron chi connectivity index (χ2n) is 5.60. The van der Waals surface area contributed by atoms with Crippen LogP contribution in [0.25, 0.3) is 0 Å². The molecule has 0 fully saturated rings. The van der Waals surface area contributed by atoms with Gasteiger partial charge in [-0.2, -0.15) is 0 Å². The van der Waals surface area contributed by atoms with E-state index < -0.39 is 5.66 Å². The van der Waals surface area contributed by atoms with E-state index in [1.165, 1.54) is 12.8 Å². The molecule has 0 saturated carbocycles. The van der Waals surface area contributed by atoms with Crippen molar-refractivity contribution in [2.45, 2.75) is 38.3 Å². The van der Waals surface area contributed by atoms with Crippen LogP contribution < -0.4 is 11.1 Å². The summed E-state index contributed by atoms with van der Waals surface area (Å²) in [6.45, 7) is 2.20. The zero-order valence-electron chi connectivity index (χ0n) is 12.8. The van der Waals surface area contributed by atoms with Crippen molar-refractivity contribution in [2.75, 3.05) is 5.32 Å². The van der Waals surface area contributed by atoms with E-state index in [1.54, 1.807) is 18.6 Å². The van der Waals surface area contributed by atoms with Gasteiger partial charge in [-0.1, -0.05) is 19.8 Å². The van der Waals surface area contributed by atoms with E-state index >= 15 is 0 Å². The minimum Gasteiger partial charge on any atom is -0.383 e. The van der Waals surface area contributed by atoms with Gasteiger partial charge in [0.15, 0.2) is 5.66 Å². The first-order valence-corrected chi connectivity index (χ1v) is 7.73. The standard InChI is InChI=1S/C17H21N5/c1-2-3-4-8-17(13-5-9-19-10-6-13)21-15-12-20-11-7-14(15)16(18)22-17/h5-7,9-12,21H,2-4,8H2,1H3,(H2,18,22). The van der Waals surface area contributed by atoms with Crippen molar-refractivity contribution >= 4 is 11.5 Å². The predicted molar refractivity (Wildman–Crippen MR) is 88.6 cm³/mol. The Labute approximate surface area is 130 Å². The Balaban J connectivity index is 2.03. The van der Waals surface area contributed by atoms with E-state index in [1.807, 2.05) is 24.4 Å². The fourth-order valence-electron chi connectivity index (χ4n) is 2.89. The van der Waals surface area contributed by atoms with Crippen LogP contribution in [0.3, 0.4) is 0 Å². The van der Waals surface area contributed by atoms with E-state index in [0.717, 1.165) is 29.7 Å². The molecule has 3 heterocycles. The first-order chi connectivity index (χ1) is 10.7. The van der Waals surface area contributed by atoms with Crippen molar-refractivity contribution in [1.82, 2.24) is 9.97 Å². The molecule has 1 atom stereocenters. The van der Waals surface area contributed by atoms with E-state index in [2.05, 4.69) is 22.2 Å². The Hall–Kier alpha value is -2.43. The molecule has 2 aromatic heterocycles. The van der Waals surface area contributed by atoms with E-state index in [9.17, 15) is 0 Å². The molecule has 5 nitrogen and oxygen atoms in total. The van der Waals surface area contributed by atoms with Gasteiger partial charge in [-0.25, -0.2) is 4.99 Å². The topological polar surface area (TPSA) is 76.2 Å². The number of hydrogen-bond acceptors (Lipinski definition) is 5. The molecule has 0 aliphatic carbocycles. The van der Waals surface area contributed by atoms with Crippen LogP contribution in [0.5, 0.6) is 0 Å². The van der Waals surface area contributed by atoms with Crippen LogP contribution in [-0.2, 0) is 5.66 Å². The molecule has 2 aromatic rings. The van der Waals surface area contributed by atoms with Crippen molar-refractivity contribution in [3.05, 3.63) is 54.1 Å². The summed E-state index contributed by atoms with van der Waals surface area (Å²) in [6, 6.07) is 5.89. The first kappa shape index (κ1) is 14.5.